The van der Waals surface area contributed by atoms with E-state index in [-0.39, 0.29) is 23.7 Å². The Morgan fingerprint density at radius 2 is 1.79 bits per heavy atom. The van der Waals surface area contributed by atoms with Crippen LogP contribution in [0.2, 0.25) is 0 Å². The molecule has 2 aromatic carbocycles. The van der Waals surface area contributed by atoms with Crippen LogP contribution in [-0.2, 0) is 4.79 Å². The highest BCUT2D eigenvalue weighted by Gasteiger charge is 2.49. The van der Waals surface area contributed by atoms with Crippen LogP contribution in [0.25, 0.3) is 0 Å². The minimum absolute atomic E-state index is 0.0252. The molecule has 1 fully saturated rings. The fourth-order valence-corrected chi connectivity index (χ4v) is 4.03. The normalized spacial score (nSPS) is 19.7. The van der Waals surface area contributed by atoms with Gasteiger partial charge in [-0.2, -0.15) is 0 Å². The number of nitrogens with zero attached hydrogens (tertiary/aromatic N) is 2. The number of aliphatic hydroxyl groups is 1. The minimum Gasteiger partial charge on any atom is -0.388 e. The van der Waals surface area contributed by atoms with Gasteiger partial charge in [-0.3, -0.25) is 9.78 Å². The summed E-state index contributed by atoms with van der Waals surface area (Å²) < 4.78 is 14.0. The first-order valence-electron chi connectivity index (χ1n) is 9.47. The van der Waals surface area contributed by atoms with Crippen molar-refractivity contribution in [1.82, 2.24) is 4.98 Å². The number of para-hydroxylation sites is 1. The number of aromatic nitrogens is 1. The standard InChI is InChI=1S/C23H20BrFN2O2/c24-16-8-12-20(26-14-16)22-19(23(29)27(22)18-4-2-1-3-5-18)11-13-21(28)15-6-9-17(25)10-7-15/h1-10,12,14,19,21-22,28H,11,13H2/t19?,21-,22?/m0/s1. The molecule has 2 unspecified atom stereocenters. The van der Waals surface area contributed by atoms with Crippen LogP contribution in [0.4, 0.5) is 10.1 Å². The van der Waals surface area contributed by atoms with Crippen molar-refractivity contribution in [2.75, 3.05) is 4.90 Å². The van der Waals surface area contributed by atoms with Crippen molar-refractivity contribution < 1.29 is 14.3 Å². The molecule has 0 bridgehead atoms. The lowest BCUT2D eigenvalue weighted by molar-refractivity contribution is -0.131. The van der Waals surface area contributed by atoms with E-state index in [1.165, 1.54) is 12.1 Å². The maximum Gasteiger partial charge on any atom is 0.233 e. The van der Waals surface area contributed by atoms with Gasteiger partial charge in [-0.05, 0) is 70.7 Å². The average molecular weight is 455 g/mol. The van der Waals surface area contributed by atoms with Gasteiger partial charge in [0.15, 0.2) is 0 Å². The number of carbonyl (C=O) groups excluding carboxylic acids is 1. The number of carbonyl (C=O) groups is 1. The summed E-state index contributed by atoms with van der Waals surface area (Å²) in [6.45, 7) is 0. The first-order valence-corrected chi connectivity index (χ1v) is 10.3. The van der Waals surface area contributed by atoms with Gasteiger partial charge >= 0.3 is 0 Å². The molecule has 29 heavy (non-hydrogen) atoms. The van der Waals surface area contributed by atoms with E-state index < -0.39 is 6.10 Å². The summed E-state index contributed by atoms with van der Waals surface area (Å²) in [6.07, 6.45) is 1.92. The molecular formula is C23H20BrFN2O2. The van der Waals surface area contributed by atoms with Crippen molar-refractivity contribution in [2.45, 2.75) is 25.0 Å². The number of halogens is 2. The van der Waals surface area contributed by atoms with Gasteiger partial charge in [0.25, 0.3) is 0 Å². The van der Waals surface area contributed by atoms with E-state index in [1.807, 2.05) is 42.5 Å². The second kappa shape index (κ2) is 8.43. The quantitative estimate of drug-likeness (QED) is 0.520. The zero-order chi connectivity index (χ0) is 20.4. The maximum atomic E-state index is 13.1. The van der Waals surface area contributed by atoms with Crippen LogP contribution in [0.1, 0.15) is 36.2 Å². The molecule has 4 rings (SSSR count). The van der Waals surface area contributed by atoms with Crippen molar-refractivity contribution >= 4 is 27.5 Å². The molecule has 0 spiro atoms. The van der Waals surface area contributed by atoms with Gasteiger partial charge in [0.2, 0.25) is 5.91 Å². The molecule has 0 aliphatic carbocycles. The Morgan fingerprint density at radius 1 is 1.07 bits per heavy atom. The lowest BCUT2D eigenvalue weighted by atomic mass is 9.80. The van der Waals surface area contributed by atoms with Crippen LogP contribution in [0.15, 0.2) is 77.4 Å². The molecule has 3 aromatic rings. The lowest BCUT2D eigenvalue weighted by Gasteiger charge is -2.47. The lowest BCUT2D eigenvalue weighted by Crippen LogP contribution is -2.55. The summed E-state index contributed by atoms with van der Waals surface area (Å²) in [5, 5.41) is 10.5. The van der Waals surface area contributed by atoms with E-state index in [1.54, 1.807) is 23.2 Å². The molecule has 0 radical (unpaired) electrons. The van der Waals surface area contributed by atoms with Crippen LogP contribution < -0.4 is 4.90 Å². The number of pyridine rings is 1. The molecule has 1 aromatic heterocycles. The van der Waals surface area contributed by atoms with Gasteiger partial charge < -0.3 is 10.0 Å². The van der Waals surface area contributed by atoms with Gasteiger partial charge in [-0.1, -0.05) is 30.3 Å². The van der Waals surface area contributed by atoms with Crippen molar-refractivity contribution in [3.63, 3.8) is 0 Å². The summed E-state index contributed by atoms with van der Waals surface area (Å²) in [6, 6.07) is 19.0. The number of amides is 1. The monoisotopic (exact) mass is 454 g/mol. The van der Waals surface area contributed by atoms with Crippen LogP contribution in [-0.4, -0.2) is 16.0 Å². The second-order valence-corrected chi connectivity index (χ2v) is 8.06. The van der Waals surface area contributed by atoms with Gasteiger partial charge in [0, 0.05) is 16.4 Å². The molecule has 1 N–H and O–H groups in total. The predicted octanol–water partition coefficient (Wildman–Crippen LogP) is 5.20. The molecule has 6 heteroatoms. The van der Waals surface area contributed by atoms with Crippen molar-refractivity contribution in [3.8, 4) is 0 Å². The number of hydrogen-bond donors (Lipinski definition) is 1. The van der Waals surface area contributed by atoms with E-state index in [4.69, 9.17) is 0 Å². The Kier molecular flexibility index (Phi) is 5.74. The van der Waals surface area contributed by atoms with Gasteiger partial charge in [-0.25, -0.2) is 4.39 Å². The fraction of sp³-hybridized carbons (Fsp3) is 0.217. The number of rotatable bonds is 6. The largest absolute Gasteiger partial charge is 0.388 e. The van der Waals surface area contributed by atoms with Gasteiger partial charge in [0.1, 0.15) is 5.82 Å². The molecule has 2 heterocycles. The van der Waals surface area contributed by atoms with E-state index in [0.29, 0.717) is 18.4 Å². The Balaban J connectivity index is 1.54. The Bertz CT molecular complexity index is 980. The highest BCUT2D eigenvalue weighted by molar-refractivity contribution is 9.10. The summed E-state index contributed by atoms with van der Waals surface area (Å²) in [4.78, 5) is 19.2. The third-order valence-corrected chi connectivity index (χ3v) is 5.78. The Hall–Kier alpha value is -2.57. The molecule has 4 nitrogen and oxygen atoms in total. The van der Waals surface area contributed by atoms with Crippen molar-refractivity contribution in [1.29, 1.82) is 0 Å². The van der Waals surface area contributed by atoms with E-state index in [0.717, 1.165) is 15.9 Å². The summed E-state index contributed by atoms with van der Waals surface area (Å²) in [7, 11) is 0. The number of β-lactam (4-membered cyclic amide) rings is 1. The van der Waals surface area contributed by atoms with Crippen LogP contribution in [0, 0.1) is 11.7 Å². The number of aliphatic hydroxyl groups excluding tert-OH is 1. The second-order valence-electron chi connectivity index (χ2n) is 7.14. The summed E-state index contributed by atoms with van der Waals surface area (Å²) in [5.41, 5.74) is 2.30. The molecular weight excluding hydrogens is 435 g/mol. The molecule has 1 aliphatic heterocycles. The Labute approximate surface area is 177 Å². The van der Waals surface area contributed by atoms with Gasteiger partial charge in [0.05, 0.1) is 23.8 Å². The van der Waals surface area contributed by atoms with E-state index in [9.17, 15) is 14.3 Å². The number of hydrogen-bond acceptors (Lipinski definition) is 3. The third-order valence-electron chi connectivity index (χ3n) is 5.31. The van der Waals surface area contributed by atoms with Gasteiger partial charge in [-0.15, -0.1) is 0 Å². The molecule has 148 valence electrons. The van der Waals surface area contributed by atoms with E-state index in [2.05, 4.69) is 20.9 Å². The molecule has 0 saturated carbocycles. The molecule has 1 saturated heterocycles. The topological polar surface area (TPSA) is 53.4 Å². The minimum atomic E-state index is -0.743. The van der Waals surface area contributed by atoms with E-state index >= 15 is 0 Å². The summed E-state index contributed by atoms with van der Waals surface area (Å²) in [5.74, 6) is -0.578. The molecule has 1 amide bonds. The number of benzene rings is 2. The summed E-state index contributed by atoms with van der Waals surface area (Å²) >= 11 is 3.40. The van der Waals surface area contributed by atoms with Crippen LogP contribution >= 0.6 is 15.9 Å². The highest BCUT2D eigenvalue weighted by Crippen LogP contribution is 2.45. The number of anilines is 1. The molecule has 3 atom stereocenters. The third kappa shape index (κ3) is 4.09. The van der Waals surface area contributed by atoms with Crippen molar-refractivity contribution in [2.24, 2.45) is 5.92 Å². The predicted molar refractivity (Wildman–Crippen MR) is 113 cm³/mol. The van der Waals surface area contributed by atoms with Crippen molar-refractivity contribution in [3.05, 3.63) is 94.5 Å². The average Bonchev–Trinajstić information content (AvgIpc) is 2.74. The zero-order valence-electron chi connectivity index (χ0n) is 15.6. The first-order chi connectivity index (χ1) is 14.0. The highest BCUT2D eigenvalue weighted by atomic mass is 79.9. The smallest absolute Gasteiger partial charge is 0.233 e. The fourth-order valence-electron chi connectivity index (χ4n) is 3.80. The Morgan fingerprint density at radius 3 is 2.45 bits per heavy atom. The first kappa shape index (κ1) is 19.7. The SMILES string of the molecule is O=C1C(CC[C@H](O)c2ccc(F)cc2)C(c2ccc(Br)cn2)N1c1ccccc1. The van der Waals surface area contributed by atoms with Crippen LogP contribution in [0.5, 0.6) is 0 Å². The molecule has 1 aliphatic rings. The maximum absolute atomic E-state index is 13.1. The van der Waals surface area contributed by atoms with Crippen LogP contribution in [0.3, 0.4) is 0 Å². The zero-order valence-corrected chi connectivity index (χ0v) is 17.2.